The third kappa shape index (κ3) is 57.2. The van der Waals surface area contributed by atoms with Gasteiger partial charge in [-0.25, -0.2) is 0 Å². The molecule has 0 aliphatic heterocycles. The zero-order valence-electron chi connectivity index (χ0n) is 47.7. The standard InChI is InChI=1S/C65H123NO5/c1-3-5-7-9-11-13-15-16-34-38-41-45-49-53-57-63(68)62(61-67)66-64(69)58-54-50-46-42-39-35-32-30-28-26-24-22-20-18-17-19-21-23-25-27-29-31-33-36-40-44-48-52-56-60-71-65(70)59-55-51-47-43-37-14-12-10-8-6-4-2/h10,12,17,19,23,25,62-63,67-68H,3-9,11,13-16,18,20-22,24,26-61H2,1-2H3,(H,66,69)/b12-10-,19-17-,25-23-. The molecule has 0 spiro atoms. The van der Waals surface area contributed by atoms with Crippen LogP contribution in [0.3, 0.4) is 0 Å². The first-order valence-corrected chi connectivity index (χ1v) is 31.7. The van der Waals surface area contributed by atoms with Crippen LogP contribution in [-0.2, 0) is 14.3 Å². The minimum Gasteiger partial charge on any atom is -0.466 e. The van der Waals surface area contributed by atoms with E-state index in [0.29, 0.717) is 25.9 Å². The average Bonchev–Trinajstić information content (AvgIpc) is 3.37. The summed E-state index contributed by atoms with van der Waals surface area (Å²) < 4.78 is 5.46. The van der Waals surface area contributed by atoms with E-state index >= 15 is 0 Å². The van der Waals surface area contributed by atoms with Crippen LogP contribution in [-0.4, -0.2) is 47.4 Å². The molecule has 2 atom stereocenters. The van der Waals surface area contributed by atoms with Crippen LogP contribution in [0.25, 0.3) is 0 Å². The molecule has 0 aliphatic carbocycles. The van der Waals surface area contributed by atoms with Crippen LogP contribution < -0.4 is 5.32 Å². The van der Waals surface area contributed by atoms with Crippen molar-refractivity contribution in [1.29, 1.82) is 0 Å². The summed E-state index contributed by atoms with van der Waals surface area (Å²) in [5, 5.41) is 23.3. The summed E-state index contributed by atoms with van der Waals surface area (Å²) in [4.78, 5) is 24.5. The molecular weight excluding hydrogens is 875 g/mol. The van der Waals surface area contributed by atoms with Crippen molar-refractivity contribution in [2.24, 2.45) is 0 Å². The lowest BCUT2D eigenvalue weighted by molar-refractivity contribution is -0.143. The molecule has 6 heteroatoms. The highest BCUT2D eigenvalue weighted by atomic mass is 16.5. The molecule has 0 bridgehead atoms. The summed E-state index contributed by atoms with van der Waals surface area (Å²) in [5.74, 6) is -0.0338. The smallest absolute Gasteiger partial charge is 0.305 e. The average molecular weight is 999 g/mol. The minimum absolute atomic E-state index is 0.000814. The van der Waals surface area contributed by atoms with E-state index in [0.717, 1.165) is 51.4 Å². The SMILES string of the molecule is CCCC/C=C\CCCCCCCC(=O)OCCCCCCCCCCC/C=C\C/C=C\CCCCCCCCCCCCCCCC(=O)NC(CO)C(O)CCCCCCCCCCCCCCCC. The molecule has 6 nitrogen and oxygen atoms in total. The van der Waals surface area contributed by atoms with Gasteiger partial charge in [-0.2, -0.15) is 0 Å². The number of allylic oxidation sites excluding steroid dienone is 6. The Morgan fingerprint density at radius 1 is 0.394 bits per heavy atom. The van der Waals surface area contributed by atoms with Crippen molar-refractivity contribution in [2.45, 2.75) is 353 Å². The number of amides is 1. The third-order valence-corrected chi connectivity index (χ3v) is 14.7. The molecule has 0 aromatic rings. The molecule has 418 valence electrons. The number of aliphatic hydroxyl groups is 2. The maximum atomic E-state index is 12.5. The first-order chi connectivity index (χ1) is 35.0. The third-order valence-electron chi connectivity index (χ3n) is 14.7. The van der Waals surface area contributed by atoms with Crippen molar-refractivity contribution in [2.75, 3.05) is 13.2 Å². The van der Waals surface area contributed by atoms with Gasteiger partial charge in [-0.15, -0.1) is 0 Å². The fourth-order valence-corrected chi connectivity index (χ4v) is 9.77. The molecule has 0 rings (SSSR count). The number of carbonyl (C=O) groups is 2. The van der Waals surface area contributed by atoms with Gasteiger partial charge in [0.2, 0.25) is 5.91 Å². The fourth-order valence-electron chi connectivity index (χ4n) is 9.77. The molecule has 0 saturated heterocycles. The highest BCUT2D eigenvalue weighted by molar-refractivity contribution is 5.76. The highest BCUT2D eigenvalue weighted by Gasteiger charge is 2.20. The van der Waals surface area contributed by atoms with Gasteiger partial charge in [-0.05, 0) is 77.0 Å². The Kier molecular flexibility index (Phi) is 59.0. The molecule has 0 heterocycles. The van der Waals surface area contributed by atoms with E-state index in [1.54, 1.807) is 0 Å². The van der Waals surface area contributed by atoms with E-state index in [4.69, 9.17) is 4.74 Å². The van der Waals surface area contributed by atoms with Crippen LogP contribution in [0.15, 0.2) is 36.5 Å². The number of unbranched alkanes of at least 4 members (excludes halogenated alkanes) is 42. The van der Waals surface area contributed by atoms with E-state index in [1.807, 2.05) is 0 Å². The van der Waals surface area contributed by atoms with Gasteiger partial charge >= 0.3 is 5.97 Å². The maximum Gasteiger partial charge on any atom is 0.305 e. The van der Waals surface area contributed by atoms with E-state index in [-0.39, 0.29) is 18.5 Å². The summed E-state index contributed by atoms with van der Waals surface area (Å²) >= 11 is 0. The second kappa shape index (κ2) is 60.6. The van der Waals surface area contributed by atoms with Gasteiger partial charge in [0.1, 0.15) is 0 Å². The second-order valence-electron chi connectivity index (χ2n) is 21.7. The maximum absolute atomic E-state index is 12.5. The van der Waals surface area contributed by atoms with Gasteiger partial charge in [0.05, 0.1) is 25.4 Å². The Morgan fingerprint density at radius 2 is 0.718 bits per heavy atom. The molecule has 0 aromatic heterocycles. The van der Waals surface area contributed by atoms with Crippen LogP contribution in [0, 0.1) is 0 Å². The monoisotopic (exact) mass is 998 g/mol. The summed E-state index contributed by atoms with van der Waals surface area (Å²) in [6.45, 7) is 4.92. The number of hydrogen-bond donors (Lipinski definition) is 3. The molecule has 0 radical (unpaired) electrons. The fraction of sp³-hybridized carbons (Fsp3) is 0.877. The summed E-state index contributed by atoms with van der Waals surface area (Å²) in [5.41, 5.74) is 0. The van der Waals surface area contributed by atoms with Crippen LogP contribution in [0.1, 0.15) is 341 Å². The topological polar surface area (TPSA) is 95.9 Å². The number of ether oxygens (including phenoxy) is 1. The summed E-state index contributed by atoms with van der Waals surface area (Å²) in [6, 6.07) is -0.542. The van der Waals surface area contributed by atoms with Gasteiger partial charge in [-0.1, -0.05) is 288 Å². The van der Waals surface area contributed by atoms with Gasteiger partial charge < -0.3 is 20.3 Å². The van der Waals surface area contributed by atoms with Crippen LogP contribution in [0.4, 0.5) is 0 Å². The van der Waals surface area contributed by atoms with E-state index in [1.165, 1.54) is 257 Å². The zero-order valence-corrected chi connectivity index (χ0v) is 47.7. The van der Waals surface area contributed by atoms with Crippen molar-refractivity contribution in [3.63, 3.8) is 0 Å². The highest BCUT2D eigenvalue weighted by Crippen LogP contribution is 2.17. The molecule has 0 saturated carbocycles. The van der Waals surface area contributed by atoms with Gasteiger partial charge in [0.15, 0.2) is 0 Å². The van der Waals surface area contributed by atoms with Crippen molar-refractivity contribution in [1.82, 2.24) is 5.32 Å². The molecule has 2 unspecified atom stereocenters. The Hall–Kier alpha value is -1.92. The molecule has 0 aliphatic rings. The van der Waals surface area contributed by atoms with E-state index < -0.39 is 12.1 Å². The van der Waals surface area contributed by atoms with Crippen LogP contribution in [0.2, 0.25) is 0 Å². The molecule has 71 heavy (non-hydrogen) atoms. The molecule has 0 fully saturated rings. The van der Waals surface area contributed by atoms with Crippen molar-refractivity contribution >= 4 is 11.9 Å². The Morgan fingerprint density at radius 3 is 1.13 bits per heavy atom. The van der Waals surface area contributed by atoms with E-state index in [2.05, 4.69) is 55.6 Å². The first-order valence-electron chi connectivity index (χ1n) is 31.7. The van der Waals surface area contributed by atoms with Crippen molar-refractivity contribution < 1.29 is 24.5 Å². The largest absolute Gasteiger partial charge is 0.466 e. The molecule has 3 N–H and O–H groups in total. The number of rotatable bonds is 59. The number of esters is 1. The Labute approximate surface area is 443 Å². The number of carbonyl (C=O) groups excluding carboxylic acids is 2. The lowest BCUT2D eigenvalue weighted by atomic mass is 10.0. The number of aliphatic hydroxyl groups excluding tert-OH is 2. The minimum atomic E-state index is -0.664. The lowest BCUT2D eigenvalue weighted by Gasteiger charge is -2.22. The van der Waals surface area contributed by atoms with Gasteiger partial charge in [0, 0.05) is 12.8 Å². The molecule has 1 amide bonds. The Balaban J connectivity index is 3.41. The zero-order chi connectivity index (χ0) is 51.4. The van der Waals surface area contributed by atoms with E-state index in [9.17, 15) is 19.8 Å². The van der Waals surface area contributed by atoms with Gasteiger partial charge in [-0.3, -0.25) is 9.59 Å². The molecule has 0 aromatic carbocycles. The lowest BCUT2D eigenvalue weighted by Crippen LogP contribution is -2.45. The van der Waals surface area contributed by atoms with Crippen LogP contribution in [0.5, 0.6) is 0 Å². The molecular formula is C65H123NO5. The van der Waals surface area contributed by atoms with Crippen molar-refractivity contribution in [3.8, 4) is 0 Å². The summed E-state index contributed by atoms with van der Waals surface area (Å²) in [7, 11) is 0. The number of hydrogen-bond acceptors (Lipinski definition) is 5. The second-order valence-corrected chi connectivity index (χ2v) is 21.7. The van der Waals surface area contributed by atoms with Crippen LogP contribution >= 0.6 is 0 Å². The normalized spacial score (nSPS) is 12.8. The van der Waals surface area contributed by atoms with Gasteiger partial charge in [0.25, 0.3) is 0 Å². The quantitative estimate of drug-likeness (QED) is 0.0321. The predicted molar refractivity (Wildman–Crippen MR) is 310 cm³/mol. The summed E-state index contributed by atoms with van der Waals surface area (Å²) in [6.07, 6.45) is 76.0. The first kappa shape index (κ1) is 69.1. The number of nitrogens with one attached hydrogen (secondary N) is 1. The predicted octanol–water partition coefficient (Wildman–Crippen LogP) is 20.0. The van der Waals surface area contributed by atoms with Crippen molar-refractivity contribution in [3.05, 3.63) is 36.5 Å². The Bertz CT molecular complexity index is 1150.